The van der Waals surface area contributed by atoms with Crippen LogP contribution in [0.4, 0.5) is 5.69 Å². The lowest BCUT2D eigenvalue weighted by atomic mass is 10.1. The van der Waals surface area contributed by atoms with Crippen molar-refractivity contribution in [2.24, 2.45) is 0 Å². The number of benzene rings is 1. The van der Waals surface area contributed by atoms with Crippen LogP contribution in [0.2, 0.25) is 0 Å². The van der Waals surface area contributed by atoms with Gasteiger partial charge in [0.15, 0.2) is 0 Å². The first-order chi connectivity index (χ1) is 11.1. The molecule has 118 valence electrons. The second-order valence-electron chi connectivity index (χ2n) is 5.43. The van der Waals surface area contributed by atoms with Gasteiger partial charge in [0.1, 0.15) is 17.8 Å². The standard InChI is InChI=1S/C18H18N2O3/c1-12-3-5-14(11-16(12)18-19-9-10-22-18)20-17(21)8-7-15-6-4-13(2)23-15/h3-6,9-11H,7-8H2,1-2H3,(H,20,21). The van der Waals surface area contributed by atoms with Gasteiger partial charge < -0.3 is 14.2 Å². The summed E-state index contributed by atoms with van der Waals surface area (Å²) in [6.45, 7) is 3.87. The van der Waals surface area contributed by atoms with Gasteiger partial charge in [0.2, 0.25) is 11.8 Å². The molecule has 2 heterocycles. The van der Waals surface area contributed by atoms with E-state index in [0.29, 0.717) is 18.7 Å². The summed E-state index contributed by atoms with van der Waals surface area (Å²) in [4.78, 5) is 16.2. The highest BCUT2D eigenvalue weighted by atomic mass is 16.3. The van der Waals surface area contributed by atoms with Crippen LogP contribution in [0.15, 0.2) is 51.6 Å². The van der Waals surface area contributed by atoms with Crippen molar-refractivity contribution >= 4 is 11.6 Å². The Kier molecular flexibility index (Phi) is 4.28. The molecule has 5 nitrogen and oxygen atoms in total. The van der Waals surface area contributed by atoms with E-state index in [9.17, 15) is 4.79 Å². The van der Waals surface area contributed by atoms with Gasteiger partial charge in [-0.3, -0.25) is 4.79 Å². The smallest absolute Gasteiger partial charge is 0.226 e. The quantitative estimate of drug-likeness (QED) is 0.769. The van der Waals surface area contributed by atoms with E-state index in [1.54, 1.807) is 6.20 Å². The van der Waals surface area contributed by atoms with Crippen LogP contribution in [-0.4, -0.2) is 10.9 Å². The molecule has 3 aromatic rings. The molecular weight excluding hydrogens is 292 g/mol. The molecular formula is C18H18N2O3. The van der Waals surface area contributed by atoms with Crippen LogP contribution in [0.5, 0.6) is 0 Å². The number of rotatable bonds is 5. The molecule has 0 atom stereocenters. The van der Waals surface area contributed by atoms with E-state index in [2.05, 4.69) is 10.3 Å². The molecule has 0 aliphatic rings. The topological polar surface area (TPSA) is 68.3 Å². The Morgan fingerprint density at radius 2 is 2.09 bits per heavy atom. The van der Waals surface area contributed by atoms with Crippen LogP contribution in [0.25, 0.3) is 11.5 Å². The number of aryl methyl sites for hydroxylation is 3. The fourth-order valence-corrected chi connectivity index (χ4v) is 2.37. The van der Waals surface area contributed by atoms with E-state index < -0.39 is 0 Å². The summed E-state index contributed by atoms with van der Waals surface area (Å²) in [6.07, 6.45) is 4.09. The van der Waals surface area contributed by atoms with Crippen molar-refractivity contribution in [1.82, 2.24) is 4.98 Å². The van der Waals surface area contributed by atoms with Crippen LogP contribution < -0.4 is 5.32 Å². The Hall–Kier alpha value is -2.82. The van der Waals surface area contributed by atoms with Crippen LogP contribution in [0.1, 0.15) is 23.5 Å². The van der Waals surface area contributed by atoms with Gasteiger partial charge in [-0.2, -0.15) is 0 Å². The maximum absolute atomic E-state index is 12.1. The number of aromatic nitrogens is 1. The number of nitrogens with zero attached hydrogens (tertiary/aromatic N) is 1. The minimum Gasteiger partial charge on any atom is -0.466 e. The zero-order chi connectivity index (χ0) is 16.2. The van der Waals surface area contributed by atoms with Crippen LogP contribution in [0.3, 0.4) is 0 Å². The third kappa shape index (κ3) is 3.69. The molecule has 1 aromatic carbocycles. The van der Waals surface area contributed by atoms with Gasteiger partial charge >= 0.3 is 0 Å². The fraction of sp³-hybridized carbons (Fsp3) is 0.222. The first kappa shape index (κ1) is 15.1. The van der Waals surface area contributed by atoms with Gasteiger partial charge in [-0.15, -0.1) is 0 Å². The number of amides is 1. The zero-order valence-corrected chi connectivity index (χ0v) is 13.1. The van der Waals surface area contributed by atoms with Crippen LogP contribution in [-0.2, 0) is 11.2 Å². The van der Waals surface area contributed by atoms with Gasteiger partial charge in [-0.1, -0.05) is 6.07 Å². The Labute approximate surface area is 134 Å². The lowest BCUT2D eigenvalue weighted by Crippen LogP contribution is -2.12. The average molecular weight is 310 g/mol. The summed E-state index contributed by atoms with van der Waals surface area (Å²) >= 11 is 0. The van der Waals surface area contributed by atoms with Gasteiger partial charge in [0, 0.05) is 24.1 Å². The van der Waals surface area contributed by atoms with Crippen molar-refractivity contribution in [2.75, 3.05) is 5.32 Å². The molecule has 0 aliphatic heterocycles. The molecule has 0 aliphatic carbocycles. The van der Waals surface area contributed by atoms with Crippen LogP contribution in [0, 0.1) is 13.8 Å². The SMILES string of the molecule is Cc1ccc(CCC(=O)Nc2ccc(C)c(-c3ncco3)c2)o1. The summed E-state index contributed by atoms with van der Waals surface area (Å²) in [7, 11) is 0. The maximum Gasteiger partial charge on any atom is 0.226 e. The summed E-state index contributed by atoms with van der Waals surface area (Å²) in [5.41, 5.74) is 2.63. The molecule has 3 rings (SSSR count). The fourth-order valence-electron chi connectivity index (χ4n) is 2.37. The second-order valence-corrected chi connectivity index (χ2v) is 5.43. The van der Waals surface area contributed by atoms with E-state index in [-0.39, 0.29) is 5.91 Å². The van der Waals surface area contributed by atoms with E-state index in [1.807, 2.05) is 44.2 Å². The van der Waals surface area contributed by atoms with E-state index in [1.165, 1.54) is 6.26 Å². The van der Waals surface area contributed by atoms with Crippen molar-refractivity contribution < 1.29 is 13.6 Å². The molecule has 0 spiro atoms. The van der Waals surface area contributed by atoms with Crippen molar-refractivity contribution in [3.05, 3.63) is 59.9 Å². The number of anilines is 1. The first-order valence-corrected chi connectivity index (χ1v) is 7.47. The Morgan fingerprint density at radius 1 is 1.22 bits per heavy atom. The molecule has 0 saturated heterocycles. The lowest BCUT2D eigenvalue weighted by molar-refractivity contribution is -0.116. The second kappa shape index (κ2) is 6.52. The lowest BCUT2D eigenvalue weighted by Gasteiger charge is -2.08. The van der Waals surface area contributed by atoms with Crippen molar-refractivity contribution in [3.8, 4) is 11.5 Å². The Bertz CT molecular complexity index is 804. The number of carbonyl (C=O) groups is 1. The highest BCUT2D eigenvalue weighted by molar-refractivity contribution is 5.91. The Balaban J connectivity index is 1.65. The molecule has 0 saturated carbocycles. The highest BCUT2D eigenvalue weighted by Crippen LogP contribution is 2.25. The normalized spacial score (nSPS) is 10.7. The number of nitrogens with one attached hydrogen (secondary N) is 1. The summed E-state index contributed by atoms with van der Waals surface area (Å²) in [5.74, 6) is 2.17. The van der Waals surface area contributed by atoms with Gasteiger partial charge in [-0.05, 0) is 43.7 Å². The predicted molar refractivity (Wildman–Crippen MR) is 87.1 cm³/mol. The number of oxazole rings is 1. The number of furan rings is 1. The van der Waals surface area contributed by atoms with Crippen molar-refractivity contribution in [1.29, 1.82) is 0 Å². The van der Waals surface area contributed by atoms with Crippen molar-refractivity contribution in [2.45, 2.75) is 26.7 Å². The summed E-state index contributed by atoms with van der Waals surface area (Å²) in [6, 6.07) is 9.48. The largest absolute Gasteiger partial charge is 0.466 e. The molecule has 0 unspecified atom stereocenters. The number of hydrogen-bond acceptors (Lipinski definition) is 4. The molecule has 1 N–H and O–H groups in total. The van der Waals surface area contributed by atoms with Gasteiger partial charge in [0.05, 0.1) is 6.20 Å². The third-order valence-corrected chi connectivity index (χ3v) is 3.58. The summed E-state index contributed by atoms with van der Waals surface area (Å²) < 4.78 is 10.8. The molecule has 0 bridgehead atoms. The van der Waals surface area contributed by atoms with Crippen molar-refractivity contribution in [3.63, 3.8) is 0 Å². The zero-order valence-electron chi connectivity index (χ0n) is 13.1. The van der Waals surface area contributed by atoms with E-state index in [0.717, 1.165) is 28.3 Å². The molecule has 0 radical (unpaired) electrons. The predicted octanol–water partition coefficient (Wildman–Crippen LogP) is 4.12. The monoisotopic (exact) mass is 310 g/mol. The van der Waals surface area contributed by atoms with E-state index in [4.69, 9.17) is 8.83 Å². The summed E-state index contributed by atoms with van der Waals surface area (Å²) in [5, 5.41) is 2.90. The Morgan fingerprint density at radius 3 is 2.78 bits per heavy atom. The van der Waals surface area contributed by atoms with Gasteiger partial charge in [-0.25, -0.2) is 4.98 Å². The average Bonchev–Trinajstić information content (AvgIpc) is 3.19. The molecule has 1 amide bonds. The van der Waals surface area contributed by atoms with Gasteiger partial charge in [0.25, 0.3) is 0 Å². The minimum absolute atomic E-state index is 0.0544. The third-order valence-electron chi connectivity index (χ3n) is 3.58. The maximum atomic E-state index is 12.1. The van der Waals surface area contributed by atoms with E-state index >= 15 is 0 Å². The first-order valence-electron chi connectivity index (χ1n) is 7.47. The minimum atomic E-state index is -0.0544. The molecule has 5 heteroatoms. The highest BCUT2D eigenvalue weighted by Gasteiger charge is 2.10. The molecule has 0 fully saturated rings. The molecule has 23 heavy (non-hydrogen) atoms. The molecule has 2 aromatic heterocycles. The van der Waals surface area contributed by atoms with Crippen LogP contribution >= 0.6 is 0 Å². The number of hydrogen-bond donors (Lipinski definition) is 1. The number of carbonyl (C=O) groups excluding carboxylic acids is 1.